The maximum absolute atomic E-state index is 12.5. The number of nitrogens with one attached hydrogen (secondary N) is 2. The van der Waals surface area contributed by atoms with Crippen molar-refractivity contribution in [1.82, 2.24) is 0 Å². The topological polar surface area (TPSA) is 93.7 Å². The van der Waals surface area contributed by atoms with Crippen LogP contribution in [0, 0.1) is 11.8 Å². The van der Waals surface area contributed by atoms with Gasteiger partial charge in [-0.3, -0.25) is 9.59 Å². The molecule has 1 aliphatic carbocycles. The van der Waals surface area contributed by atoms with Crippen molar-refractivity contribution < 1.29 is 23.9 Å². The number of ether oxygens (including phenoxy) is 2. The summed E-state index contributed by atoms with van der Waals surface area (Å²) in [5.41, 5.74) is 1.22. The highest BCUT2D eigenvalue weighted by molar-refractivity contribution is 6.06. The van der Waals surface area contributed by atoms with Crippen LogP contribution in [-0.4, -0.2) is 31.5 Å². The van der Waals surface area contributed by atoms with Gasteiger partial charge in [-0.2, -0.15) is 0 Å². The van der Waals surface area contributed by atoms with Crippen LogP contribution in [0.25, 0.3) is 0 Å². The molecule has 2 aromatic rings. The van der Waals surface area contributed by atoms with Crippen molar-refractivity contribution in [3.05, 3.63) is 54.1 Å². The second-order valence-electron chi connectivity index (χ2n) is 6.39. The third kappa shape index (κ3) is 4.31. The molecule has 0 saturated heterocycles. The second-order valence-corrected chi connectivity index (χ2v) is 6.39. The molecule has 7 nitrogen and oxygen atoms in total. The lowest BCUT2D eigenvalue weighted by atomic mass is 10.1. The molecule has 0 bridgehead atoms. The minimum Gasteiger partial charge on any atom is -0.492 e. The quantitative estimate of drug-likeness (QED) is 0.718. The van der Waals surface area contributed by atoms with Crippen molar-refractivity contribution in [2.24, 2.45) is 11.8 Å². The fourth-order valence-corrected chi connectivity index (χ4v) is 2.96. The average Bonchev–Trinajstić information content (AvgIpc) is 3.51. The Morgan fingerprint density at radius 3 is 2.14 bits per heavy atom. The van der Waals surface area contributed by atoms with Crippen LogP contribution in [0.3, 0.4) is 0 Å². The van der Waals surface area contributed by atoms with Gasteiger partial charge in [0.15, 0.2) is 0 Å². The Morgan fingerprint density at radius 2 is 1.50 bits per heavy atom. The summed E-state index contributed by atoms with van der Waals surface area (Å²) >= 11 is 0. The zero-order chi connectivity index (χ0) is 20.1. The lowest BCUT2D eigenvalue weighted by Crippen LogP contribution is -2.21. The van der Waals surface area contributed by atoms with E-state index in [2.05, 4.69) is 10.6 Å². The molecule has 2 amide bonds. The number of benzene rings is 2. The molecular weight excluding hydrogens is 360 g/mol. The van der Waals surface area contributed by atoms with Gasteiger partial charge in [-0.25, -0.2) is 4.79 Å². The predicted octanol–water partition coefficient (Wildman–Crippen LogP) is 3.09. The van der Waals surface area contributed by atoms with Crippen molar-refractivity contribution in [2.45, 2.75) is 13.3 Å². The SMILES string of the molecule is CCOc1ccccc1NC(=O)C1CC1C(=O)Nc1ccccc1C(=O)OC. The maximum Gasteiger partial charge on any atom is 0.339 e. The Balaban J connectivity index is 1.62. The molecule has 0 spiro atoms. The summed E-state index contributed by atoms with van der Waals surface area (Å²) in [6.07, 6.45) is 0.453. The first-order chi connectivity index (χ1) is 13.5. The van der Waals surface area contributed by atoms with E-state index in [1.165, 1.54) is 7.11 Å². The van der Waals surface area contributed by atoms with Gasteiger partial charge in [-0.15, -0.1) is 0 Å². The van der Waals surface area contributed by atoms with E-state index in [0.717, 1.165) is 0 Å². The summed E-state index contributed by atoms with van der Waals surface area (Å²) in [5.74, 6) is -1.33. The summed E-state index contributed by atoms with van der Waals surface area (Å²) in [6.45, 7) is 2.35. The molecule has 2 unspecified atom stereocenters. The molecule has 0 aliphatic heterocycles. The van der Waals surface area contributed by atoms with Crippen LogP contribution in [-0.2, 0) is 14.3 Å². The van der Waals surface area contributed by atoms with Crippen LogP contribution in [0.5, 0.6) is 5.75 Å². The Bertz CT molecular complexity index is 896. The fraction of sp³-hybridized carbons (Fsp3) is 0.286. The largest absolute Gasteiger partial charge is 0.492 e. The highest BCUT2D eigenvalue weighted by atomic mass is 16.5. The normalized spacial score (nSPS) is 17.4. The Kier molecular flexibility index (Phi) is 5.93. The second kappa shape index (κ2) is 8.56. The molecule has 1 aliphatic rings. The highest BCUT2D eigenvalue weighted by Crippen LogP contribution is 2.41. The molecule has 28 heavy (non-hydrogen) atoms. The van der Waals surface area contributed by atoms with Crippen LogP contribution in [0.2, 0.25) is 0 Å². The zero-order valence-corrected chi connectivity index (χ0v) is 15.7. The van der Waals surface area contributed by atoms with Gasteiger partial charge in [0.1, 0.15) is 5.75 Å². The molecule has 0 heterocycles. The Labute approximate surface area is 163 Å². The van der Waals surface area contributed by atoms with E-state index >= 15 is 0 Å². The number of hydrogen-bond donors (Lipinski definition) is 2. The molecule has 0 radical (unpaired) electrons. The number of hydrogen-bond acceptors (Lipinski definition) is 5. The minimum absolute atomic E-state index is 0.228. The van der Waals surface area contributed by atoms with Gasteiger partial charge >= 0.3 is 5.97 Å². The van der Waals surface area contributed by atoms with Gasteiger partial charge in [0.05, 0.1) is 42.5 Å². The van der Waals surface area contributed by atoms with E-state index in [4.69, 9.17) is 9.47 Å². The predicted molar refractivity (Wildman–Crippen MR) is 104 cm³/mol. The molecule has 0 aromatic heterocycles. The van der Waals surface area contributed by atoms with Crippen LogP contribution in [0.4, 0.5) is 11.4 Å². The number of amides is 2. The lowest BCUT2D eigenvalue weighted by molar-refractivity contribution is -0.122. The zero-order valence-electron chi connectivity index (χ0n) is 15.7. The van der Waals surface area contributed by atoms with E-state index in [1.807, 2.05) is 13.0 Å². The maximum atomic E-state index is 12.5. The van der Waals surface area contributed by atoms with Crippen LogP contribution in [0.1, 0.15) is 23.7 Å². The molecule has 7 heteroatoms. The lowest BCUT2D eigenvalue weighted by Gasteiger charge is -2.11. The number of anilines is 2. The van der Waals surface area contributed by atoms with Crippen molar-refractivity contribution >= 4 is 29.2 Å². The van der Waals surface area contributed by atoms with Gasteiger partial charge < -0.3 is 20.1 Å². The smallest absolute Gasteiger partial charge is 0.339 e. The molecule has 2 atom stereocenters. The summed E-state index contributed by atoms with van der Waals surface area (Å²) in [6, 6.07) is 13.8. The monoisotopic (exact) mass is 382 g/mol. The molecule has 3 rings (SSSR count). The molecule has 146 valence electrons. The van der Waals surface area contributed by atoms with Gasteiger partial charge in [0, 0.05) is 0 Å². The first-order valence-electron chi connectivity index (χ1n) is 9.06. The molecular formula is C21H22N2O5. The van der Waals surface area contributed by atoms with E-state index in [0.29, 0.717) is 30.2 Å². The molecule has 2 N–H and O–H groups in total. The number of para-hydroxylation sites is 3. The third-order valence-corrected chi connectivity index (χ3v) is 4.50. The van der Waals surface area contributed by atoms with Crippen molar-refractivity contribution in [3.8, 4) is 5.75 Å². The summed E-state index contributed by atoms with van der Waals surface area (Å²) < 4.78 is 10.2. The van der Waals surface area contributed by atoms with Crippen LogP contribution >= 0.6 is 0 Å². The van der Waals surface area contributed by atoms with Gasteiger partial charge in [0.25, 0.3) is 0 Å². The Morgan fingerprint density at radius 1 is 0.929 bits per heavy atom. The van der Waals surface area contributed by atoms with Gasteiger partial charge in [-0.05, 0) is 37.6 Å². The molecule has 2 aromatic carbocycles. The number of rotatable bonds is 7. The highest BCUT2D eigenvalue weighted by Gasteiger charge is 2.48. The summed E-state index contributed by atoms with van der Waals surface area (Å²) in [4.78, 5) is 36.8. The van der Waals surface area contributed by atoms with E-state index in [-0.39, 0.29) is 17.4 Å². The summed E-state index contributed by atoms with van der Waals surface area (Å²) in [7, 11) is 1.28. The standard InChI is InChI=1S/C21H22N2O5/c1-3-28-18-11-7-6-10-17(18)23-20(25)15-12-14(15)19(24)22-16-9-5-4-8-13(16)21(26)27-2/h4-11,14-15H,3,12H2,1-2H3,(H,22,24)(H,23,25). The number of carbonyl (C=O) groups is 3. The van der Waals surface area contributed by atoms with Crippen LogP contribution < -0.4 is 15.4 Å². The molecule has 1 saturated carbocycles. The van der Waals surface area contributed by atoms with Gasteiger partial charge in [-0.1, -0.05) is 24.3 Å². The van der Waals surface area contributed by atoms with E-state index in [9.17, 15) is 14.4 Å². The Hall–Kier alpha value is -3.35. The number of carbonyl (C=O) groups excluding carboxylic acids is 3. The van der Waals surface area contributed by atoms with Crippen molar-refractivity contribution in [1.29, 1.82) is 0 Å². The number of methoxy groups -OCH3 is 1. The third-order valence-electron chi connectivity index (χ3n) is 4.50. The van der Waals surface area contributed by atoms with Crippen molar-refractivity contribution in [3.63, 3.8) is 0 Å². The fourth-order valence-electron chi connectivity index (χ4n) is 2.96. The van der Waals surface area contributed by atoms with E-state index < -0.39 is 17.8 Å². The molecule has 1 fully saturated rings. The first-order valence-corrected chi connectivity index (χ1v) is 9.06. The average molecular weight is 382 g/mol. The van der Waals surface area contributed by atoms with E-state index in [1.54, 1.807) is 42.5 Å². The van der Waals surface area contributed by atoms with Gasteiger partial charge in [0.2, 0.25) is 11.8 Å². The van der Waals surface area contributed by atoms with Crippen LogP contribution in [0.15, 0.2) is 48.5 Å². The number of esters is 1. The first kappa shape index (κ1) is 19.4. The summed E-state index contributed by atoms with van der Waals surface area (Å²) in [5, 5.41) is 5.55. The van der Waals surface area contributed by atoms with Crippen molar-refractivity contribution in [2.75, 3.05) is 24.4 Å². The minimum atomic E-state index is -0.534.